The summed E-state index contributed by atoms with van der Waals surface area (Å²) in [5.41, 5.74) is 0.903. The van der Waals surface area contributed by atoms with Crippen LogP contribution in [0.3, 0.4) is 0 Å². The number of aromatic nitrogens is 2. The van der Waals surface area contributed by atoms with E-state index in [1.54, 1.807) is 49.4 Å². The number of amides is 1. The minimum Gasteiger partial charge on any atom is -0.497 e. The highest BCUT2D eigenvalue weighted by molar-refractivity contribution is 9.10. The number of methoxy groups -OCH3 is 2. The van der Waals surface area contributed by atoms with Crippen molar-refractivity contribution < 1.29 is 18.7 Å². The molecule has 2 aromatic carbocycles. The molecule has 28 heavy (non-hydrogen) atoms. The highest BCUT2D eigenvalue weighted by Gasteiger charge is 2.24. The van der Waals surface area contributed by atoms with Crippen LogP contribution in [0.25, 0.3) is 0 Å². The maximum atomic E-state index is 13.7. The van der Waals surface area contributed by atoms with Crippen molar-refractivity contribution in [2.45, 2.75) is 6.04 Å². The zero-order valence-electron chi connectivity index (χ0n) is 15.6. The lowest BCUT2D eigenvalue weighted by molar-refractivity contribution is 0.0939. The third-order valence-electron chi connectivity index (χ3n) is 4.27. The molecule has 3 aromatic rings. The Bertz CT molecular complexity index is 984. The minimum absolute atomic E-state index is 0.189. The fourth-order valence-electron chi connectivity index (χ4n) is 2.83. The Hall–Kier alpha value is -2.87. The molecule has 0 saturated carbocycles. The molecule has 0 bridgehead atoms. The number of carbonyl (C=O) groups excluding carboxylic acids is 1. The van der Waals surface area contributed by atoms with Crippen LogP contribution in [0.2, 0.25) is 0 Å². The Balaban J connectivity index is 2.05. The first-order chi connectivity index (χ1) is 13.4. The maximum Gasteiger partial charge on any atom is 0.253 e. The Morgan fingerprint density at radius 1 is 1.18 bits per heavy atom. The van der Waals surface area contributed by atoms with Gasteiger partial charge in [0.2, 0.25) is 0 Å². The van der Waals surface area contributed by atoms with E-state index < -0.39 is 17.8 Å². The van der Waals surface area contributed by atoms with Gasteiger partial charge in [-0.2, -0.15) is 0 Å². The van der Waals surface area contributed by atoms with Crippen LogP contribution in [-0.2, 0) is 7.05 Å². The first-order valence-corrected chi connectivity index (χ1v) is 9.18. The molecule has 6 nitrogen and oxygen atoms in total. The van der Waals surface area contributed by atoms with E-state index in [0.717, 1.165) is 0 Å². The van der Waals surface area contributed by atoms with E-state index in [2.05, 4.69) is 26.2 Å². The van der Waals surface area contributed by atoms with E-state index in [1.165, 1.54) is 18.2 Å². The number of halogens is 2. The average molecular weight is 448 g/mol. The number of nitrogens with zero attached hydrogens (tertiary/aromatic N) is 2. The summed E-state index contributed by atoms with van der Waals surface area (Å²) in [7, 11) is 4.94. The van der Waals surface area contributed by atoms with Crippen molar-refractivity contribution in [1.82, 2.24) is 14.9 Å². The van der Waals surface area contributed by atoms with Gasteiger partial charge in [0, 0.05) is 30.0 Å². The molecule has 0 aliphatic heterocycles. The number of benzene rings is 2. The number of hydrogen-bond acceptors (Lipinski definition) is 4. The molecule has 3 rings (SSSR count). The van der Waals surface area contributed by atoms with Gasteiger partial charge in [-0.15, -0.1) is 0 Å². The summed E-state index contributed by atoms with van der Waals surface area (Å²) >= 11 is 3.30. The van der Waals surface area contributed by atoms with Crippen LogP contribution in [0, 0.1) is 5.82 Å². The number of rotatable bonds is 6. The van der Waals surface area contributed by atoms with Gasteiger partial charge in [0.25, 0.3) is 5.91 Å². The highest BCUT2D eigenvalue weighted by atomic mass is 79.9. The molecule has 0 aliphatic rings. The summed E-state index contributed by atoms with van der Waals surface area (Å²) in [5, 5.41) is 2.93. The van der Waals surface area contributed by atoms with Crippen molar-refractivity contribution in [1.29, 1.82) is 0 Å². The lowest BCUT2D eigenvalue weighted by Crippen LogP contribution is -2.31. The molecule has 1 aromatic heterocycles. The minimum atomic E-state index is -0.605. The van der Waals surface area contributed by atoms with Crippen molar-refractivity contribution in [3.8, 4) is 11.5 Å². The quantitative estimate of drug-likeness (QED) is 0.622. The molecule has 8 heteroatoms. The van der Waals surface area contributed by atoms with Gasteiger partial charge in [0.1, 0.15) is 29.2 Å². The van der Waals surface area contributed by atoms with Crippen molar-refractivity contribution in [3.05, 3.63) is 76.0 Å². The normalized spacial score (nSPS) is 11.8. The molecule has 0 radical (unpaired) electrons. The van der Waals surface area contributed by atoms with E-state index in [-0.39, 0.29) is 5.56 Å². The molecule has 1 heterocycles. The second-order valence-corrected chi connectivity index (χ2v) is 6.93. The molecule has 0 aliphatic carbocycles. The maximum absolute atomic E-state index is 13.7. The van der Waals surface area contributed by atoms with Crippen LogP contribution in [-0.4, -0.2) is 29.7 Å². The van der Waals surface area contributed by atoms with E-state index in [1.807, 2.05) is 7.05 Å². The SMILES string of the molecule is COc1cc(OC)cc(C(NC(=O)c2cc(F)ccc2Br)c2nccn2C)c1. The van der Waals surface area contributed by atoms with E-state index in [0.29, 0.717) is 27.4 Å². The fraction of sp³-hybridized carbons (Fsp3) is 0.200. The molecule has 1 N–H and O–H groups in total. The van der Waals surface area contributed by atoms with Gasteiger partial charge in [-0.25, -0.2) is 9.37 Å². The summed E-state index contributed by atoms with van der Waals surface area (Å²) in [6, 6.07) is 8.68. The Labute approximate surface area is 170 Å². The molecular formula is C20H19BrFN3O3. The van der Waals surface area contributed by atoms with Crippen LogP contribution < -0.4 is 14.8 Å². The highest BCUT2D eigenvalue weighted by Crippen LogP contribution is 2.30. The monoisotopic (exact) mass is 447 g/mol. The second kappa shape index (κ2) is 8.43. The fourth-order valence-corrected chi connectivity index (χ4v) is 3.26. The predicted octanol–water partition coefficient (Wildman–Crippen LogP) is 3.86. The predicted molar refractivity (Wildman–Crippen MR) is 106 cm³/mol. The lowest BCUT2D eigenvalue weighted by Gasteiger charge is -2.21. The van der Waals surface area contributed by atoms with Gasteiger partial charge >= 0.3 is 0 Å². The van der Waals surface area contributed by atoms with Crippen LogP contribution in [0.15, 0.2) is 53.3 Å². The Kier molecular flexibility index (Phi) is 5.99. The smallest absolute Gasteiger partial charge is 0.253 e. The van der Waals surface area contributed by atoms with Gasteiger partial charge in [-0.3, -0.25) is 4.79 Å². The van der Waals surface area contributed by atoms with Gasteiger partial charge in [-0.05, 0) is 51.8 Å². The molecule has 0 saturated heterocycles. The largest absolute Gasteiger partial charge is 0.497 e. The molecule has 1 unspecified atom stereocenters. The Morgan fingerprint density at radius 3 is 2.43 bits per heavy atom. The number of nitrogens with one attached hydrogen (secondary N) is 1. The van der Waals surface area contributed by atoms with Crippen molar-refractivity contribution in [2.75, 3.05) is 14.2 Å². The molecular weight excluding hydrogens is 429 g/mol. The average Bonchev–Trinajstić information content (AvgIpc) is 3.12. The molecule has 146 valence electrons. The number of aryl methyl sites for hydroxylation is 1. The summed E-state index contributed by atoms with van der Waals surface area (Å²) in [6.45, 7) is 0. The molecule has 0 spiro atoms. The van der Waals surface area contributed by atoms with Crippen LogP contribution in [0.5, 0.6) is 11.5 Å². The summed E-state index contributed by atoms with van der Waals surface area (Å²) in [6.07, 6.45) is 3.42. The van der Waals surface area contributed by atoms with E-state index >= 15 is 0 Å². The van der Waals surface area contributed by atoms with E-state index in [4.69, 9.17) is 9.47 Å². The van der Waals surface area contributed by atoms with Gasteiger partial charge in [0.05, 0.1) is 19.8 Å². The van der Waals surface area contributed by atoms with Crippen molar-refractivity contribution >= 4 is 21.8 Å². The van der Waals surface area contributed by atoms with Crippen LogP contribution >= 0.6 is 15.9 Å². The number of carbonyl (C=O) groups is 1. The molecule has 0 fully saturated rings. The standard InChI is InChI=1S/C20H19BrFN3O3/c1-25-7-6-23-19(25)18(12-8-14(27-2)11-15(9-12)28-3)24-20(26)16-10-13(22)4-5-17(16)21/h4-11,18H,1-3H3,(H,24,26). The summed E-state index contributed by atoms with van der Waals surface area (Å²) in [5.74, 6) is 0.826. The zero-order chi connectivity index (χ0) is 20.3. The van der Waals surface area contributed by atoms with Crippen LogP contribution in [0.4, 0.5) is 4.39 Å². The molecule has 1 atom stereocenters. The third-order valence-corrected chi connectivity index (χ3v) is 4.96. The first kappa shape index (κ1) is 19.9. The van der Waals surface area contributed by atoms with E-state index in [9.17, 15) is 9.18 Å². The summed E-state index contributed by atoms with van der Waals surface area (Å²) < 4.78 is 26.6. The molecule has 1 amide bonds. The summed E-state index contributed by atoms with van der Waals surface area (Å²) in [4.78, 5) is 17.3. The first-order valence-electron chi connectivity index (χ1n) is 8.39. The topological polar surface area (TPSA) is 65.4 Å². The van der Waals surface area contributed by atoms with Crippen molar-refractivity contribution in [2.24, 2.45) is 7.05 Å². The van der Waals surface area contributed by atoms with Gasteiger partial charge < -0.3 is 19.4 Å². The number of hydrogen-bond donors (Lipinski definition) is 1. The zero-order valence-corrected chi connectivity index (χ0v) is 17.2. The third kappa shape index (κ3) is 4.17. The second-order valence-electron chi connectivity index (χ2n) is 6.07. The number of imidazole rings is 1. The lowest BCUT2D eigenvalue weighted by atomic mass is 10.0. The Morgan fingerprint density at radius 2 is 1.86 bits per heavy atom. The van der Waals surface area contributed by atoms with Crippen molar-refractivity contribution in [3.63, 3.8) is 0 Å². The number of ether oxygens (including phenoxy) is 2. The van der Waals surface area contributed by atoms with Gasteiger partial charge in [-0.1, -0.05) is 0 Å². The van der Waals surface area contributed by atoms with Gasteiger partial charge in [0.15, 0.2) is 0 Å². The van der Waals surface area contributed by atoms with Crippen LogP contribution in [0.1, 0.15) is 27.8 Å².